The van der Waals surface area contributed by atoms with Gasteiger partial charge >= 0.3 is 18.0 Å². The Morgan fingerprint density at radius 3 is 0.951 bits per heavy atom. The average Bonchev–Trinajstić information content (AvgIpc) is 0.772. The summed E-state index contributed by atoms with van der Waals surface area (Å²) in [5.41, 5.74) is 12.4. The monoisotopic (exact) mass is 1950 g/mol. The molecule has 4 saturated heterocycles. The van der Waals surface area contributed by atoms with Gasteiger partial charge in [-0.1, -0.05) is 123 Å². The molecule has 752 valence electrons. The normalized spacial score (nSPS) is 16.0. The number of aromatic nitrogens is 8. The van der Waals surface area contributed by atoms with Crippen molar-refractivity contribution < 1.29 is 53.8 Å². The Kier molecular flexibility index (Phi) is 31.9. The highest BCUT2D eigenvalue weighted by molar-refractivity contribution is 5.99. The van der Waals surface area contributed by atoms with Crippen molar-refractivity contribution in [2.45, 2.75) is 71.3 Å². The van der Waals surface area contributed by atoms with Gasteiger partial charge in [0.05, 0.1) is 55.6 Å². The molecular weight excluding hydrogens is 1820 g/mol. The van der Waals surface area contributed by atoms with Gasteiger partial charge in [-0.3, -0.25) is 19.2 Å². The molecule has 20 rings (SSSR count). The van der Waals surface area contributed by atoms with Gasteiger partial charge < -0.3 is 108 Å². The third-order valence-corrected chi connectivity index (χ3v) is 27.7. The van der Waals surface area contributed by atoms with E-state index in [0.29, 0.717) is 149 Å². The Hall–Kier alpha value is -15.2. The number of hydrogen-bond acceptors (Lipinski definition) is 30. The number of hydrogen-bond donors (Lipinski definition) is 4. The van der Waals surface area contributed by atoms with Crippen LogP contribution in [0.2, 0.25) is 0 Å². The lowest BCUT2D eigenvalue weighted by atomic mass is 10.0. The van der Waals surface area contributed by atoms with Gasteiger partial charge in [0.2, 0.25) is 23.6 Å². The van der Waals surface area contributed by atoms with Crippen molar-refractivity contribution in [1.82, 2.24) is 74.2 Å². The second-order valence-corrected chi connectivity index (χ2v) is 38.2. The summed E-state index contributed by atoms with van der Waals surface area (Å²) in [7, 11) is 12.1. The lowest BCUT2D eigenvalue weighted by molar-refractivity contribution is -0.127. The van der Waals surface area contributed by atoms with E-state index in [1.807, 2.05) is 166 Å². The van der Waals surface area contributed by atoms with Crippen molar-refractivity contribution in [3.8, 4) is 41.0 Å². The highest BCUT2D eigenvalue weighted by Gasteiger charge is 2.36. The Morgan fingerprint density at radius 1 is 0.340 bits per heavy atom. The third kappa shape index (κ3) is 23.6. The Bertz CT molecular complexity index is 6690. The summed E-state index contributed by atoms with van der Waals surface area (Å²) < 4.78 is 18.2. The molecule has 8 aliphatic heterocycles. The van der Waals surface area contributed by atoms with Crippen LogP contribution in [0.25, 0.3) is 43.1 Å². The lowest BCUT2D eigenvalue weighted by Gasteiger charge is -2.38. The SMILES string of the molecule is C=CC(=O)N1CCN(c2nc(OC(C)CN(C)C)nc3c2CCN(c2cc(O)cc4ccccc24)C3)CC1.C=CC(=O)N1CCN(c2nc(OCCCN(C)C)nc3c2CCN(c2cc(O)cc4ccccc24)C3)CC1.C=CC(=O)N1CCN(c2nc(OCCN(C)C)nc3c2CCN(c2cc(O)cc4ccccc24)C3)CC1.C=CC(=O)N1CCN(c2ncnc3c2CCN(c2cc(O)cc4ccccc24)C3)CC1. The number of nitrogens with zero attached hydrogens (tertiary/aromatic N) is 23. The first-order valence-corrected chi connectivity index (χ1v) is 49.7. The van der Waals surface area contributed by atoms with Gasteiger partial charge in [0.25, 0.3) is 0 Å². The Balaban J connectivity index is 0.000000132. The zero-order valence-corrected chi connectivity index (χ0v) is 83.6. The number of rotatable bonds is 25. The molecular formula is C110H131N23O11. The van der Waals surface area contributed by atoms with Crippen molar-refractivity contribution in [2.24, 2.45) is 0 Å². The van der Waals surface area contributed by atoms with Gasteiger partial charge in [-0.25, -0.2) is 9.97 Å². The van der Waals surface area contributed by atoms with Gasteiger partial charge in [0, 0.05) is 241 Å². The molecule has 4 amide bonds. The molecule has 4 fully saturated rings. The molecule has 8 aromatic carbocycles. The Morgan fingerprint density at radius 2 is 0.632 bits per heavy atom. The predicted molar refractivity (Wildman–Crippen MR) is 567 cm³/mol. The summed E-state index contributed by atoms with van der Waals surface area (Å²) in [6.45, 7) is 36.3. The van der Waals surface area contributed by atoms with Gasteiger partial charge in [-0.05, 0) is 151 Å². The maximum atomic E-state index is 12.1. The number of ether oxygens (including phenoxy) is 3. The molecule has 8 aliphatic rings. The van der Waals surface area contributed by atoms with E-state index in [9.17, 15) is 39.6 Å². The van der Waals surface area contributed by atoms with E-state index in [0.717, 1.165) is 220 Å². The minimum atomic E-state index is -0.0762. The number of likely N-dealkylation sites (N-methyl/N-ethyl adjacent to an activating group) is 2. The van der Waals surface area contributed by atoms with E-state index in [4.69, 9.17) is 44.1 Å². The summed E-state index contributed by atoms with van der Waals surface area (Å²) in [4.78, 5) is 118. The van der Waals surface area contributed by atoms with E-state index in [-0.39, 0.29) is 52.7 Å². The minimum Gasteiger partial charge on any atom is -0.508 e. The van der Waals surface area contributed by atoms with Crippen LogP contribution in [-0.2, 0) is 71.0 Å². The fourth-order valence-electron chi connectivity index (χ4n) is 20.4. The van der Waals surface area contributed by atoms with E-state index >= 15 is 0 Å². The standard InChI is InChI=1S/2C29H36N6O3.C28H34N6O3.C24H25N5O2/c1-5-27(37)33-12-14-34(15-13-33)28-24-10-11-35(26-17-22(36)16-21-8-6-7-9-23(21)26)19-25(24)30-29(31-28)38-20(2)18-32(3)4;1-4-27(37)33-13-15-34(16-14-33)28-24-10-12-35(26-19-22(36)18-21-8-5-6-9-23(21)26)20-25(24)30-29(31-28)38-17-7-11-32(2)3;1-4-26(36)32-11-13-33(14-12-32)27-23-9-10-34(19-24(23)29-28(30-27)37-16-15-31(2)3)25-18-21(35)17-20-7-5-6-8-22(20)25;1-2-23(31)27-9-11-28(12-10-27)24-20-7-8-29(15-21(20)25-16-26-24)22-14-18(30)13-17-5-3-4-6-19(17)22/h5-9,16-17,20,36H,1,10-15,18-19H2,2-4H3;4-6,8-9,18-19,36H,1,7,10-17,20H2,2-3H3;4-8,17-18,35H,1,9-16,19H2,2-3H3;2-6,13-14,16,30H,1,7-12,15H2. The molecule has 34 heteroatoms. The van der Waals surface area contributed by atoms with E-state index in [1.54, 1.807) is 30.6 Å². The fraction of sp³-hybridized carbons (Fsp3) is 0.382. The zero-order chi connectivity index (χ0) is 101. The van der Waals surface area contributed by atoms with E-state index in [1.165, 1.54) is 29.9 Å². The number of phenols is 4. The van der Waals surface area contributed by atoms with E-state index < -0.39 is 0 Å². The van der Waals surface area contributed by atoms with Crippen LogP contribution in [0.5, 0.6) is 41.0 Å². The van der Waals surface area contributed by atoms with Crippen molar-refractivity contribution >= 4 is 113 Å². The number of benzene rings is 8. The number of carbonyl (C=O) groups is 4. The molecule has 1 atom stereocenters. The molecule has 144 heavy (non-hydrogen) atoms. The average molecular weight is 1950 g/mol. The maximum Gasteiger partial charge on any atom is 0.318 e. The molecule has 0 spiro atoms. The second kappa shape index (κ2) is 45.8. The lowest BCUT2D eigenvalue weighted by Crippen LogP contribution is -2.49. The molecule has 0 saturated carbocycles. The summed E-state index contributed by atoms with van der Waals surface area (Å²) in [6, 6.07) is 48.2. The first-order chi connectivity index (χ1) is 69.8. The number of carbonyl (C=O) groups excluding carboxylic acids is 4. The molecule has 4 aromatic heterocycles. The number of phenolic OH excluding ortho intramolecular Hbond substituents is 4. The van der Waals surface area contributed by atoms with Crippen LogP contribution >= 0.6 is 0 Å². The highest BCUT2D eigenvalue weighted by Crippen LogP contribution is 2.43. The van der Waals surface area contributed by atoms with Crippen molar-refractivity contribution in [2.75, 3.05) is 245 Å². The second-order valence-electron chi connectivity index (χ2n) is 38.2. The Labute approximate surface area is 841 Å². The van der Waals surface area contributed by atoms with Crippen LogP contribution < -0.4 is 53.4 Å². The summed E-state index contributed by atoms with van der Waals surface area (Å²) in [6.07, 6.45) is 11.1. The fourth-order valence-corrected chi connectivity index (χ4v) is 20.4. The van der Waals surface area contributed by atoms with Gasteiger partial charge in [0.15, 0.2) is 0 Å². The van der Waals surface area contributed by atoms with Crippen LogP contribution in [0.15, 0.2) is 203 Å². The predicted octanol–water partition coefficient (Wildman–Crippen LogP) is 11.5. The van der Waals surface area contributed by atoms with Crippen LogP contribution in [0.1, 0.15) is 58.4 Å². The van der Waals surface area contributed by atoms with Crippen LogP contribution in [0.3, 0.4) is 0 Å². The minimum absolute atomic E-state index is 0.0154. The number of fused-ring (bicyclic) bond motifs is 8. The maximum absolute atomic E-state index is 12.1. The summed E-state index contributed by atoms with van der Waals surface area (Å²) in [5, 5.41) is 50.0. The number of anilines is 8. The van der Waals surface area contributed by atoms with Crippen LogP contribution in [0, 0.1) is 0 Å². The number of piperazine rings is 4. The quantitative estimate of drug-likeness (QED) is 0.0305. The van der Waals surface area contributed by atoms with Crippen molar-refractivity contribution in [3.05, 3.63) is 248 Å². The zero-order valence-electron chi connectivity index (χ0n) is 83.6. The summed E-state index contributed by atoms with van der Waals surface area (Å²) >= 11 is 0. The molecule has 0 radical (unpaired) electrons. The highest BCUT2D eigenvalue weighted by atomic mass is 16.5. The van der Waals surface area contributed by atoms with Crippen molar-refractivity contribution in [1.29, 1.82) is 0 Å². The van der Waals surface area contributed by atoms with Crippen LogP contribution in [-0.4, -0.2) is 330 Å². The molecule has 34 nitrogen and oxygen atoms in total. The van der Waals surface area contributed by atoms with E-state index in [2.05, 4.69) is 114 Å². The van der Waals surface area contributed by atoms with Gasteiger partial charge in [-0.15, -0.1) is 0 Å². The molecule has 4 N–H and O–H groups in total. The topological polar surface area (TPSA) is 329 Å². The number of aromatic hydroxyl groups is 4. The van der Waals surface area contributed by atoms with Crippen molar-refractivity contribution in [3.63, 3.8) is 0 Å². The third-order valence-electron chi connectivity index (χ3n) is 27.7. The smallest absolute Gasteiger partial charge is 0.318 e. The van der Waals surface area contributed by atoms with Gasteiger partial charge in [0.1, 0.15) is 65.3 Å². The summed E-state index contributed by atoms with van der Waals surface area (Å²) in [5.74, 6) is 4.59. The first kappa shape index (κ1) is 100. The molecule has 1 unspecified atom stereocenters. The molecule has 0 bridgehead atoms. The number of amides is 4. The van der Waals surface area contributed by atoms with Crippen LogP contribution in [0.4, 0.5) is 46.0 Å². The van der Waals surface area contributed by atoms with Gasteiger partial charge in [-0.2, -0.15) is 29.9 Å². The molecule has 12 heterocycles. The largest absolute Gasteiger partial charge is 0.508 e. The molecule has 0 aliphatic carbocycles. The first-order valence-electron chi connectivity index (χ1n) is 49.7. The molecule has 12 aromatic rings.